The third-order valence-electron chi connectivity index (χ3n) is 7.48. The predicted octanol–water partition coefficient (Wildman–Crippen LogP) is 5.59. The molecule has 1 fully saturated rings. The monoisotopic (exact) mass is 707 g/mol. The second kappa shape index (κ2) is 16.9. The van der Waals surface area contributed by atoms with Gasteiger partial charge in [0, 0.05) is 53.2 Å². The fourth-order valence-electron chi connectivity index (χ4n) is 5.14. The van der Waals surface area contributed by atoms with Gasteiger partial charge in [-0.25, -0.2) is 18.9 Å². The number of aromatic nitrogens is 1. The second-order valence-electron chi connectivity index (χ2n) is 12.6. The van der Waals surface area contributed by atoms with Gasteiger partial charge in [0.05, 0.1) is 12.5 Å². The lowest BCUT2D eigenvalue weighted by atomic mass is 10.0. The molecule has 0 saturated carbocycles. The number of halogens is 2. The Hall–Kier alpha value is -3.06. The normalized spacial score (nSPS) is 15.7. The Labute approximate surface area is 290 Å². The van der Waals surface area contributed by atoms with E-state index in [9.17, 15) is 19.2 Å². The molecule has 4 rings (SSSR count). The number of unbranched alkanes of at least 4 members (excludes halogenated alkanes) is 1. The minimum absolute atomic E-state index is 0.0670. The molecule has 256 valence electrons. The zero-order valence-corrected chi connectivity index (χ0v) is 29.6. The first-order chi connectivity index (χ1) is 22.3. The highest BCUT2D eigenvalue weighted by atomic mass is 35.5. The number of aryl methyl sites for hydroxylation is 2. The molecule has 2 N–H and O–H groups in total. The van der Waals surface area contributed by atoms with Crippen LogP contribution < -0.4 is 15.5 Å². The number of carbonyl (C=O) groups is 4. The summed E-state index contributed by atoms with van der Waals surface area (Å²) in [6, 6.07) is 8.25. The van der Waals surface area contributed by atoms with Crippen molar-refractivity contribution in [3.8, 4) is 0 Å². The third-order valence-corrected chi connectivity index (χ3v) is 8.92. The molecule has 3 heterocycles. The molecule has 0 bridgehead atoms. The van der Waals surface area contributed by atoms with E-state index in [0.29, 0.717) is 54.8 Å². The molecule has 0 spiro atoms. The van der Waals surface area contributed by atoms with Crippen molar-refractivity contribution in [2.24, 2.45) is 5.92 Å². The number of hydrogen-bond acceptors (Lipinski definition) is 9. The highest BCUT2D eigenvalue weighted by Gasteiger charge is 2.36. The number of nitrogens with one attached hydrogen (secondary N) is 2. The highest BCUT2D eigenvalue weighted by Crippen LogP contribution is 2.34. The molecule has 3 amide bonds. The molecule has 1 aromatic carbocycles. The fraction of sp³-hybridized carbons (Fsp3) is 0.545. The first kappa shape index (κ1) is 36.8. The Morgan fingerprint density at radius 1 is 1.09 bits per heavy atom. The van der Waals surface area contributed by atoms with Gasteiger partial charge < -0.3 is 20.1 Å². The SMILES string of the molecule is CCOC(=O)C(CNC(=O)CCCCc1ccc2c(n1)N(C(=O)OC(C)(C)C)CCC2)NC(=O)C1CN(Sc2cc(Cl)cc(Cl)c2)C1. The molecule has 14 heteroatoms. The van der Waals surface area contributed by atoms with Crippen molar-refractivity contribution in [2.75, 3.05) is 37.7 Å². The number of carbonyl (C=O) groups excluding carboxylic acids is 4. The summed E-state index contributed by atoms with van der Waals surface area (Å²) >= 11 is 13.6. The molecular weight excluding hydrogens is 665 g/mol. The standard InChI is InChI=1S/C33H43Cl2N5O6S/c1-5-45-31(43)27(38-30(42)22-19-39(20-22)47-26-16-23(34)15-24(35)17-26)18-36-28(41)11-7-6-10-25-13-12-21-9-8-14-40(29(21)37-25)32(44)46-33(2,3)4/h12-13,15-17,22,27H,5-11,14,18-20H2,1-4H3,(H,36,41)(H,38,42). The van der Waals surface area contributed by atoms with Crippen LogP contribution in [0.5, 0.6) is 0 Å². The van der Waals surface area contributed by atoms with Crippen LogP contribution in [0.15, 0.2) is 35.2 Å². The van der Waals surface area contributed by atoms with Crippen LogP contribution in [-0.2, 0) is 36.7 Å². The lowest BCUT2D eigenvalue weighted by Gasteiger charge is -2.37. The Morgan fingerprint density at radius 2 is 1.81 bits per heavy atom. The summed E-state index contributed by atoms with van der Waals surface area (Å²) in [7, 11) is 0. The van der Waals surface area contributed by atoms with Crippen LogP contribution >= 0.6 is 35.1 Å². The number of fused-ring (bicyclic) bond motifs is 1. The fourth-order valence-corrected chi connectivity index (χ4v) is 6.97. The summed E-state index contributed by atoms with van der Waals surface area (Å²) < 4.78 is 12.7. The number of benzene rings is 1. The van der Waals surface area contributed by atoms with Crippen LogP contribution in [0.25, 0.3) is 0 Å². The summed E-state index contributed by atoms with van der Waals surface area (Å²) in [5.74, 6) is -0.764. The first-order valence-electron chi connectivity index (χ1n) is 15.9. The summed E-state index contributed by atoms with van der Waals surface area (Å²) in [5.41, 5.74) is 1.26. The average molecular weight is 709 g/mol. The Kier molecular flexibility index (Phi) is 13.2. The van der Waals surface area contributed by atoms with Crippen molar-refractivity contribution in [1.82, 2.24) is 19.9 Å². The minimum Gasteiger partial charge on any atom is -0.464 e. The zero-order valence-electron chi connectivity index (χ0n) is 27.3. The largest absolute Gasteiger partial charge is 0.464 e. The van der Waals surface area contributed by atoms with Crippen LogP contribution in [0.3, 0.4) is 0 Å². The molecule has 1 aromatic heterocycles. The molecule has 0 aliphatic carbocycles. The van der Waals surface area contributed by atoms with Crippen molar-refractivity contribution in [1.29, 1.82) is 0 Å². The minimum atomic E-state index is -0.993. The van der Waals surface area contributed by atoms with Gasteiger partial charge in [-0.05, 0) is 102 Å². The van der Waals surface area contributed by atoms with Crippen LogP contribution in [0.1, 0.15) is 64.6 Å². The number of esters is 1. The van der Waals surface area contributed by atoms with Gasteiger partial charge in [0.15, 0.2) is 0 Å². The maximum atomic E-state index is 12.9. The topological polar surface area (TPSA) is 130 Å². The van der Waals surface area contributed by atoms with Crippen molar-refractivity contribution < 1.29 is 28.7 Å². The molecule has 2 aromatic rings. The van der Waals surface area contributed by atoms with Crippen molar-refractivity contribution in [3.05, 3.63) is 51.6 Å². The lowest BCUT2D eigenvalue weighted by molar-refractivity contribution is -0.148. The second-order valence-corrected chi connectivity index (χ2v) is 14.6. The first-order valence-corrected chi connectivity index (χ1v) is 17.5. The van der Waals surface area contributed by atoms with Gasteiger partial charge in [-0.1, -0.05) is 29.3 Å². The van der Waals surface area contributed by atoms with E-state index in [4.69, 9.17) is 37.7 Å². The van der Waals surface area contributed by atoms with Gasteiger partial charge in [0.2, 0.25) is 11.8 Å². The molecule has 0 radical (unpaired) electrons. The van der Waals surface area contributed by atoms with Gasteiger partial charge in [-0.15, -0.1) is 0 Å². The number of ether oxygens (including phenoxy) is 2. The molecule has 1 atom stereocenters. The molecular formula is C33H43Cl2N5O6S. The maximum absolute atomic E-state index is 12.9. The van der Waals surface area contributed by atoms with Crippen molar-refractivity contribution >= 4 is 64.8 Å². The molecule has 2 aliphatic heterocycles. The van der Waals surface area contributed by atoms with E-state index in [1.54, 1.807) is 30.0 Å². The van der Waals surface area contributed by atoms with E-state index in [-0.39, 0.29) is 37.3 Å². The Balaban J connectivity index is 1.20. The Bertz CT molecular complexity index is 1430. The molecule has 11 nitrogen and oxygen atoms in total. The average Bonchev–Trinajstić information content (AvgIpc) is 2.97. The number of amides is 3. The molecule has 2 aliphatic rings. The Morgan fingerprint density at radius 3 is 2.49 bits per heavy atom. The summed E-state index contributed by atoms with van der Waals surface area (Å²) in [6.07, 6.45) is 3.51. The number of hydrogen-bond donors (Lipinski definition) is 2. The molecule has 1 unspecified atom stereocenters. The summed E-state index contributed by atoms with van der Waals surface area (Å²) in [5, 5.41) is 6.58. The van der Waals surface area contributed by atoms with E-state index in [1.165, 1.54) is 11.9 Å². The van der Waals surface area contributed by atoms with Crippen LogP contribution in [0.4, 0.5) is 10.6 Å². The van der Waals surface area contributed by atoms with Gasteiger partial charge in [0.25, 0.3) is 0 Å². The van der Waals surface area contributed by atoms with Crippen molar-refractivity contribution in [3.63, 3.8) is 0 Å². The van der Waals surface area contributed by atoms with E-state index in [2.05, 4.69) is 10.6 Å². The smallest absolute Gasteiger partial charge is 0.416 e. The van der Waals surface area contributed by atoms with Gasteiger partial charge in [-0.3, -0.25) is 14.5 Å². The van der Waals surface area contributed by atoms with Gasteiger partial charge in [-0.2, -0.15) is 0 Å². The van der Waals surface area contributed by atoms with E-state index >= 15 is 0 Å². The summed E-state index contributed by atoms with van der Waals surface area (Å²) in [6.45, 7) is 8.83. The van der Waals surface area contributed by atoms with Crippen molar-refractivity contribution in [2.45, 2.75) is 82.8 Å². The zero-order chi connectivity index (χ0) is 34.1. The van der Waals surface area contributed by atoms with Gasteiger partial charge >= 0.3 is 12.1 Å². The lowest BCUT2D eigenvalue weighted by Crippen LogP contribution is -2.56. The summed E-state index contributed by atoms with van der Waals surface area (Å²) in [4.78, 5) is 58.1. The van der Waals surface area contributed by atoms with Crippen LogP contribution in [0.2, 0.25) is 10.0 Å². The molecule has 47 heavy (non-hydrogen) atoms. The van der Waals surface area contributed by atoms with Gasteiger partial charge in [0.1, 0.15) is 17.5 Å². The number of pyridine rings is 1. The van der Waals surface area contributed by atoms with E-state index < -0.39 is 23.7 Å². The van der Waals surface area contributed by atoms with E-state index in [0.717, 1.165) is 29.0 Å². The number of anilines is 1. The van der Waals surface area contributed by atoms with Crippen LogP contribution in [0, 0.1) is 5.92 Å². The van der Waals surface area contributed by atoms with Crippen LogP contribution in [-0.4, -0.2) is 77.6 Å². The predicted molar refractivity (Wildman–Crippen MR) is 183 cm³/mol. The third kappa shape index (κ3) is 11.3. The van der Waals surface area contributed by atoms with E-state index in [1.807, 2.05) is 37.2 Å². The molecule has 1 saturated heterocycles. The highest BCUT2D eigenvalue weighted by molar-refractivity contribution is 7.97. The quantitative estimate of drug-likeness (QED) is 0.155. The maximum Gasteiger partial charge on any atom is 0.416 e. The number of nitrogens with zero attached hydrogens (tertiary/aromatic N) is 3. The number of rotatable bonds is 13.